The number of hydrogen-bond donors (Lipinski definition) is 1. The third-order valence-electron chi connectivity index (χ3n) is 2.70. The predicted octanol–water partition coefficient (Wildman–Crippen LogP) is 0.941. The highest BCUT2D eigenvalue weighted by atomic mass is 32.1. The summed E-state index contributed by atoms with van der Waals surface area (Å²) in [6.07, 6.45) is 1.74. The number of nitrogens with two attached hydrogens (primary N) is 1. The first-order chi connectivity index (χ1) is 7.68. The van der Waals surface area contributed by atoms with Gasteiger partial charge in [-0.15, -0.1) is 0 Å². The molecule has 0 spiro atoms. The van der Waals surface area contributed by atoms with Gasteiger partial charge in [-0.25, -0.2) is 0 Å². The number of hydrogen-bond acceptors (Lipinski definition) is 4. The van der Waals surface area contributed by atoms with E-state index >= 15 is 0 Å². The monoisotopic (exact) mass is 237 g/mol. The molecule has 1 unspecified atom stereocenters. The van der Waals surface area contributed by atoms with E-state index in [9.17, 15) is 0 Å². The largest absolute Gasteiger partial charge is 0.388 e. The first-order valence-electron chi connectivity index (χ1n) is 5.28. The van der Waals surface area contributed by atoms with Crippen LogP contribution in [0.5, 0.6) is 0 Å². The van der Waals surface area contributed by atoms with Crippen LogP contribution >= 0.6 is 12.2 Å². The summed E-state index contributed by atoms with van der Waals surface area (Å²) >= 11 is 4.92. The second-order valence-corrected chi connectivity index (χ2v) is 4.32. The molecule has 1 saturated heterocycles. The first kappa shape index (κ1) is 11.3. The molecule has 0 aliphatic carbocycles. The van der Waals surface area contributed by atoms with Crippen molar-refractivity contribution in [3.8, 4) is 0 Å². The smallest absolute Gasteiger partial charge is 0.122 e. The van der Waals surface area contributed by atoms with E-state index in [1.165, 1.54) is 0 Å². The molecule has 16 heavy (non-hydrogen) atoms. The van der Waals surface area contributed by atoms with Crippen molar-refractivity contribution in [1.82, 2.24) is 4.98 Å². The lowest BCUT2D eigenvalue weighted by atomic mass is 10.2. The summed E-state index contributed by atoms with van der Waals surface area (Å²) in [5, 5.41) is 0. The fraction of sp³-hybridized carbons (Fsp3) is 0.455. The van der Waals surface area contributed by atoms with Crippen LogP contribution in [-0.2, 0) is 4.74 Å². The zero-order chi connectivity index (χ0) is 11.5. The minimum absolute atomic E-state index is 0.336. The van der Waals surface area contributed by atoms with Gasteiger partial charge in [0.15, 0.2) is 0 Å². The highest BCUT2D eigenvalue weighted by molar-refractivity contribution is 7.80. The Kier molecular flexibility index (Phi) is 3.36. The molecule has 1 aliphatic heterocycles. The molecule has 1 aliphatic rings. The number of aromatic nitrogens is 1. The third kappa shape index (κ3) is 2.31. The Morgan fingerprint density at radius 3 is 3.19 bits per heavy atom. The lowest BCUT2D eigenvalue weighted by molar-refractivity contribution is 0.0989. The lowest BCUT2D eigenvalue weighted by Gasteiger charge is -2.35. The number of pyridine rings is 1. The number of rotatable bonds is 2. The van der Waals surface area contributed by atoms with Gasteiger partial charge in [-0.05, 0) is 19.1 Å². The van der Waals surface area contributed by atoms with Crippen molar-refractivity contribution in [3.05, 3.63) is 24.0 Å². The molecule has 86 valence electrons. The second kappa shape index (κ2) is 4.76. The van der Waals surface area contributed by atoms with Gasteiger partial charge in [0.1, 0.15) is 4.99 Å². The van der Waals surface area contributed by atoms with Crippen LogP contribution in [0.15, 0.2) is 18.3 Å². The van der Waals surface area contributed by atoms with E-state index < -0.39 is 0 Å². The van der Waals surface area contributed by atoms with Gasteiger partial charge in [0.2, 0.25) is 0 Å². The van der Waals surface area contributed by atoms with E-state index in [1.807, 2.05) is 12.1 Å². The van der Waals surface area contributed by atoms with Crippen LogP contribution in [0, 0.1) is 0 Å². The average Bonchev–Trinajstić information content (AvgIpc) is 2.30. The first-order valence-corrected chi connectivity index (χ1v) is 5.69. The maximum absolute atomic E-state index is 5.57. The molecule has 1 fully saturated rings. The van der Waals surface area contributed by atoms with Crippen molar-refractivity contribution in [2.24, 2.45) is 5.73 Å². The summed E-state index contributed by atoms with van der Waals surface area (Å²) in [6.45, 7) is 4.54. The molecule has 1 atom stereocenters. The Balaban J connectivity index is 2.25. The zero-order valence-electron chi connectivity index (χ0n) is 9.22. The number of morpholine rings is 1. The molecule has 2 heterocycles. The molecule has 1 aromatic heterocycles. The van der Waals surface area contributed by atoms with Crippen LogP contribution in [0.25, 0.3) is 0 Å². The van der Waals surface area contributed by atoms with Gasteiger partial charge in [0.05, 0.1) is 18.9 Å². The van der Waals surface area contributed by atoms with E-state index in [0.29, 0.717) is 16.7 Å². The van der Waals surface area contributed by atoms with Crippen molar-refractivity contribution < 1.29 is 4.74 Å². The second-order valence-electron chi connectivity index (χ2n) is 3.88. The number of anilines is 1. The van der Waals surface area contributed by atoms with Crippen LogP contribution in [-0.4, -0.2) is 35.8 Å². The molecular formula is C11H15N3OS. The molecule has 0 radical (unpaired) electrons. The third-order valence-corrected chi connectivity index (χ3v) is 2.90. The summed E-state index contributed by atoms with van der Waals surface area (Å²) in [5.74, 6) is 0. The zero-order valence-corrected chi connectivity index (χ0v) is 10.0. The fourth-order valence-electron chi connectivity index (χ4n) is 1.84. The van der Waals surface area contributed by atoms with Gasteiger partial charge in [-0.1, -0.05) is 12.2 Å². The minimum atomic E-state index is 0.336. The molecule has 2 rings (SSSR count). The van der Waals surface area contributed by atoms with Gasteiger partial charge in [0.25, 0.3) is 0 Å². The van der Waals surface area contributed by atoms with E-state index in [2.05, 4.69) is 16.8 Å². The Hall–Kier alpha value is -1.20. The molecule has 1 aromatic rings. The normalized spacial score (nSPS) is 20.8. The summed E-state index contributed by atoms with van der Waals surface area (Å²) in [5.41, 5.74) is 7.35. The maximum atomic E-state index is 5.57. The lowest BCUT2D eigenvalue weighted by Crippen LogP contribution is -2.43. The van der Waals surface area contributed by atoms with Crippen molar-refractivity contribution in [2.45, 2.75) is 13.0 Å². The van der Waals surface area contributed by atoms with Gasteiger partial charge >= 0.3 is 0 Å². The molecule has 4 nitrogen and oxygen atoms in total. The Labute approximate surface area is 100 Å². The fourth-order valence-corrected chi connectivity index (χ4v) is 1.96. The predicted molar refractivity (Wildman–Crippen MR) is 67.8 cm³/mol. The SMILES string of the molecule is CC1COCCN1c1ccnc(C(N)=S)c1. The number of nitrogens with zero attached hydrogens (tertiary/aromatic N) is 2. The van der Waals surface area contributed by atoms with Gasteiger partial charge < -0.3 is 15.4 Å². The minimum Gasteiger partial charge on any atom is -0.388 e. The van der Waals surface area contributed by atoms with Crippen molar-refractivity contribution in [1.29, 1.82) is 0 Å². The Bertz CT molecular complexity index is 397. The van der Waals surface area contributed by atoms with Crippen molar-refractivity contribution in [2.75, 3.05) is 24.7 Å². The van der Waals surface area contributed by atoms with Crippen molar-refractivity contribution in [3.63, 3.8) is 0 Å². The highest BCUT2D eigenvalue weighted by Crippen LogP contribution is 2.19. The topological polar surface area (TPSA) is 51.4 Å². The summed E-state index contributed by atoms with van der Waals surface area (Å²) in [4.78, 5) is 6.76. The molecule has 5 heteroatoms. The van der Waals surface area contributed by atoms with Crippen LogP contribution in [0.3, 0.4) is 0 Å². The Morgan fingerprint density at radius 1 is 1.69 bits per heavy atom. The van der Waals surface area contributed by atoms with E-state index in [0.717, 1.165) is 25.4 Å². The Morgan fingerprint density at radius 2 is 2.50 bits per heavy atom. The summed E-state index contributed by atoms with van der Waals surface area (Å²) in [6, 6.07) is 4.28. The highest BCUT2D eigenvalue weighted by Gasteiger charge is 2.19. The molecule has 0 bridgehead atoms. The summed E-state index contributed by atoms with van der Waals surface area (Å²) < 4.78 is 5.40. The number of ether oxygens (including phenoxy) is 1. The van der Waals surface area contributed by atoms with Gasteiger partial charge in [0, 0.05) is 24.5 Å². The standard InChI is InChI=1S/C11H15N3OS/c1-8-7-15-5-4-14(8)9-2-3-13-10(6-9)11(12)16/h2-3,6,8H,4-5,7H2,1H3,(H2,12,16). The molecule has 0 aromatic carbocycles. The average molecular weight is 237 g/mol. The maximum Gasteiger partial charge on any atom is 0.122 e. The van der Waals surface area contributed by atoms with Crippen LogP contribution < -0.4 is 10.6 Å². The quantitative estimate of drug-likeness (QED) is 0.776. The van der Waals surface area contributed by atoms with E-state index in [1.54, 1.807) is 6.20 Å². The molecule has 0 amide bonds. The van der Waals surface area contributed by atoms with E-state index in [4.69, 9.17) is 22.7 Å². The molecule has 0 saturated carbocycles. The number of thiocarbonyl (C=S) groups is 1. The summed E-state index contributed by atoms with van der Waals surface area (Å²) in [7, 11) is 0. The molecular weight excluding hydrogens is 222 g/mol. The van der Waals surface area contributed by atoms with Gasteiger partial charge in [-0.2, -0.15) is 0 Å². The van der Waals surface area contributed by atoms with Crippen molar-refractivity contribution >= 4 is 22.9 Å². The van der Waals surface area contributed by atoms with Crippen LogP contribution in [0.1, 0.15) is 12.6 Å². The molecule has 2 N–H and O–H groups in total. The van der Waals surface area contributed by atoms with E-state index in [-0.39, 0.29) is 0 Å². The van der Waals surface area contributed by atoms with Crippen LogP contribution in [0.4, 0.5) is 5.69 Å². The van der Waals surface area contributed by atoms with Gasteiger partial charge in [-0.3, -0.25) is 4.98 Å². The van der Waals surface area contributed by atoms with Crippen LogP contribution in [0.2, 0.25) is 0 Å².